The molecule has 0 fully saturated rings. The van der Waals surface area contributed by atoms with Crippen molar-refractivity contribution < 1.29 is 0 Å². The molecule has 0 N–H and O–H groups in total. The highest BCUT2D eigenvalue weighted by Gasteiger charge is 1.90. The van der Waals surface area contributed by atoms with E-state index < -0.39 is 0 Å². The van der Waals surface area contributed by atoms with Gasteiger partial charge in [0.05, 0.1) is 0 Å². The summed E-state index contributed by atoms with van der Waals surface area (Å²) in [6.45, 7) is 7.67. The van der Waals surface area contributed by atoms with Gasteiger partial charge in [-0.25, -0.2) is 0 Å². The minimum atomic E-state index is 1.02. The smallest absolute Gasteiger partial charge is 0.00886 e. The zero-order valence-electron chi connectivity index (χ0n) is 11.6. The van der Waals surface area contributed by atoms with Gasteiger partial charge in [-0.05, 0) is 12.8 Å². The molecule has 0 aromatic heterocycles. The van der Waals surface area contributed by atoms with Gasteiger partial charge in [-0.1, -0.05) is 71.6 Å². The first-order valence-corrected chi connectivity index (χ1v) is 7.46. The Morgan fingerprint density at radius 2 is 0.882 bits per heavy atom. The summed E-state index contributed by atoms with van der Waals surface area (Å²) in [6.07, 6.45) is 16.4. The SMILES string of the molecule is [CH2]CCCC#CCCCCCCCCCC[CH2]. The van der Waals surface area contributed by atoms with Crippen LogP contribution in [0.25, 0.3) is 0 Å². The fourth-order valence-electron chi connectivity index (χ4n) is 1.84. The molecule has 0 unspecified atom stereocenters. The van der Waals surface area contributed by atoms with E-state index in [-0.39, 0.29) is 0 Å². The van der Waals surface area contributed by atoms with Gasteiger partial charge in [-0.2, -0.15) is 0 Å². The van der Waals surface area contributed by atoms with E-state index in [2.05, 4.69) is 25.7 Å². The number of hydrogen-bond donors (Lipinski definition) is 0. The molecule has 98 valence electrons. The molecule has 0 saturated heterocycles. The van der Waals surface area contributed by atoms with Crippen molar-refractivity contribution in [3.63, 3.8) is 0 Å². The van der Waals surface area contributed by atoms with Crippen molar-refractivity contribution in [2.24, 2.45) is 0 Å². The summed E-state index contributed by atoms with van der Waals surface area (Å²) in [6, 6.07) is 0. The third-order valence-corrected chi connectivity index (χ3v) is 2.98. The van der Waals surface area contributed by atoms with E-state index in [1.54, 1.807) is 0 Å². The lowest BCUT2D eigenvalue weighted by atomic mass is 10.1. The lowest BCUT2D eigenvalue weighted by molar-refractivity contribution is 0.572. The Kier molecular flexibility index (Phi) is 15.2. The second-order valence-corrected chi connectivity index (χ2v) is 4.74. The molecule has 0 heterocycles. The third-order valence-electron chi connectivity index (χ3n) is 2.98. The van der Waals surface area contributed by atoms with Crippen molar-refractivity contribution in [2.75, 3.05) is 0 Å². The Morgan fingerprint density at radius 1 is 0.471 bits per heavy atom. The van der Waals surface area contributed by atoms with Gasteiger partial charge >= 0.3 is 0 Å². The first-order chi connectivity index (χ1) is 8.41. The van der Waals surface area contributed by atoms with Crippen LogP contribution in [0.1, 0.15) is 83.5 Å². The van der Waals surface area contributed by atoms with Crippen LogP contribution in [0.3, 0.4) is 0 Å². The summed E-state index contributed by atoms with van der Waals surface area (Å²) >= 11 is 0. The van der Waals surface area contributed by atoms with Gasteiger partial charge in [0.1, 0.15) is 0 Å². The predicted octanol–water partition coefficient (Wildman–Crippen LogP) is 5.73. The highest BCUT2D eigenvalue weighted by molar-refractivity contribution is 4.98. The monoisotopic (exact) mass is 234 g/mol. The molecule has 0 aliphatic rings. The van der Waals surface area contributed by atoms with Crippen molar-refractivity contribution >= 4 is 0 Å². The fraction of sp³-hybridized carbons (Fsp3) is 0.765. The van der Waals surface area contributed by atoms with E-state index in [4.69, 9.17) is 0 Å². The van der Waals surface area contributed by atoms with Gasteiger partial charge in [0.15, 0.2) is 0 Å². The Bertz CT molecular complexity index is 182. The molecule has 0 saturated carbocycles. The van der Waals surface area contributed by atoms with E-state index >= 15 is 0 Å². The van der Waals surface area contributed by atoms with Gasteiger partial charge in [0.25, 0.3) is 0 Å². The highest BCUT2D eigenvalue weighted by atomic mass is 14.0. The van der Waals surface area contributed by atoms with Crippen LogP contribution in [0, 0.1) is 25.7 Å². The number of hydrogen-bond acceptors (Lipinski definition) is 0. The molecule has 0 aromatic rings. The van der Waals surface area contributed by atoms with E-state index in [1.165, 1.54) is 51.4 Å². The van der Waals surface area contributed by atoms with Crippen LogP contribution in [0.4, 0.5) is 0 Å². The Morgan fingerprint density at radius 3 is 1.41 bits per heavy atom. The molecule has 17 heavy (non-hydrogen) atoms. The standard InChI is InChI=1S/C17H30/c1-3-5-7-9-11-13-15-17-16-14-12-10-8-6-4-2/h1-9,11,13-17H2. The lowest BCUT2D eigenvalue weighted by Gasteiger charge is -2.00. The minimum absolute atomic E-state index is 1.02. The van der Waals surface area contributed by atoms with Crippen molar-refractivity contribution in [3.8, 4) is 11.8 Å². The van der Waals surface area contributed by atoms with Crippen LogP contribution in [0.5, 0.6) is 0 Å². The van der Waals surface area contributed by atoms with E-state index in [0.717, 1.165) is 32.1 Å². The quantitative estimate of drug-likeness (QED) is 0.316. The van der Waals surface area contributed by atoms with Gasteiger partial charge in [-0.3, -0.25) is 0 Å². The van der Waals surface area contributed by atoms with Crippen molar-refractivity contribution in [1.82, 2.24) is 0 Å². The molecular formula is C17H30. The topological polar surface area (TPSA) is 0 Å². The summed E-state index contributed by atoms with van der Waals surface area (Å²) in [7, 11) is 0. The molecule has 0 spiro atoms. The average Bonchev–Trinajstić information content (AvgIpc) is 2.35. The van der Waals surface area contributed by atoms with Crippen molar-refractivity contribution in [3.05, 3.63) is 13.8 Å². The molecule has 0 amide bonds. The highest BCUT2D eigenvalue weighted by Crippen LogP contribution is 2.10. The second-order valence-electron chi connectivity index (χ2n) is 4.74. The Hall–Kier alpha value is -0.440. The summed E-state index contributed by atoms with van der Waals surface area (Å²) in [5.41, 5.74) is 0. The molecule has 0 atom stereocenters. The van der Waals surface area contributed by atoms with E-state index in [0.29, 0.717) is 0 Å². The molecular weight excluding hydrogens is 204 g/mol. The van der Waals surface area contributed by atoms with Gasteiger partial charge in [-0.15, -0.1) is 11.8 Å². The first kappa shape index (κ1) is 16.6. The molecule has 0 nitrogen and oxygen atoms in total. The number of rotatable bonds is 11. The summed E-state index contributed by atoms with van der Waals surface area (Å²) in [5, 5.41) is 0. The maximum atomic E-state index is 3.86. The minimum Gasteiger partial charge on any atom is -0.103 e. The van der Waals surface area contributed by atoms with Crippen LogP contribution < -0.4 is 0 Å². The molecule has 0 aliphatic heterocycles. The Labute approximate surface area is 110 Å². The van der Waals surface area contributed by atoms with Crippen LogP contribution in [-0.4, -0.2) is 0 Å². The second kappa shape index (κ2) is 15.6. The number of unbranched alkanes of at least 4 members (excludes halogenated alkanes) is 11. The molecule has 0 heteroatoms. The predicted molar refractivity (Wildman–Crippen MR) is 78.5 cm³/mol. The molecule has 2 radical (unpaired) electrons. The molecule has 0 aromatic carbocycles. The zero-order chi connectivity index (χ0) is 12.6. The maximum absolute atomic E-state index is 3.86. The normalized spacial score (nSPS) is 10.0. The zero-order valence-corrected chi connectivity index (χ0v) is 11.6. The van der Waals surface area contributed by atoms with Crippen LogP contribution in [0.2, 0.25) is 0 Å². The molecule has 0 aliphatic carbocycles. The summed E-state index contributed by atoms with van der Waals surface area (Å²) in [4.78, 5) is 0. The van der Waals surface area contributed by atoms with Crippen molar-refractivity contribution in [1.29, 1.82) is 0 Å². The van der Waals surface area contributed by atoms with E-state index in [9.17, 15) is 0 Å². The largest absolute Gasteiger partial charge is 0.103 e. The average molecular weight is 234 g/mol. The molecule has 0 rings (SSSR count). The van der Waals surface area contributed by atoms with Crippen LogP contribution in [-0.2, 0) is 0 Å². The van der Waals surface area contributed by atoms with Gasteiger partial charge in [0.2, 0.25) is 0 Å². The van der Waals surface area contributed by atoms with Gasteiger partial charge in [0, 0.05) is 12.8 Å². The van der Waals surface area contributed by atoms with Crippen LogP contribution in [0.15, 0.2) is 0 Å². The van der Waals surface area contributed by atoms with E-state index in [1.807, 2.05) is 0 Å². The van der Waals surface area contributed by atoms with Crippen molar-refractivity contribution in [2.45, 2.75) is 83.5 Å². The fourth-order valence-corrected chi connectivity index (χ4v) is 1.84. The lowest BCUT2D eigenvalue weighted by Crippen LogP contribution is -1.80. The summed E-state index contributed by atoms with van der Waals surface area (Å²) in [5.74, 6) is 6.47. The van der Waals surface area contributed by atoms with Gasteiger partial charge < -0.3 is 0 Å². The molecule has 0 bridgehead atoms. The maximum Gasteiger partial charge on any atom is 0.00886 e. The van der Waals surface area contributed by atoms with Crippen LogP contribution >= 0.6 is 0 Å². The third kappa shape index (κ3) is 15.6. The Balaban J connectivity index is 2.99. The summed E-state index contributed by atoms with van der Waals surface area (Å²) < 4.78 is 0. The first-order valence-electron chi connectivity index (χ1n) is 7.46.